The molecule has 0 heterocycles. The second-order valence-corrected chi connectivity index (χ2v) is 5.99. The molecule has 0 spiro atoms. The molecule has 0 bridgehead atoms. The Kier molecular flexibility index (Phi) is 5.40. The summed E-state index contributed by atoms with van der Waals surface area (Å²) in [7, 11) is 0. The van der Waals surface area contributed by atoms with Gasteiger partial charge in [-0.1, -0.05) is 31.4 Å². The highest BCUT2D eigenvalue weighted by molar-refractivity contribution is 9.10. The lowest BCUT2D eigenvalue weighted by molar-refractivity contribution is 0.0898. The fourth-order valence-electron chi connectivity index (χ4n) is 2.68. The van der Waals surface area contributed by atoms with Crippen LogP contribution in [0, 0.1) is 5.92 Å². The van der Waals surface area contributed by atoms with Crippen LogP contribution in [0.4, 0.5) is 0 Å². The fraction of sp³-hybridized carbons (Fsp3) is 0.533. The Morgan fingerprint density at radius 1 is 1.26 bits per heavy atom. The summed E-state index contributed by atoms with van der Waals surface area (Å²) in [5.74, 6) is 0.131. The summed E-state index contributed by atoms with van der Waals surface area (Å²) in [6, 6.07) is 7.52. The Hall–Kier alpha value is -0.870. The van der Waals surface area contributed by atoms with Crippen LogP contribution < -0.4 is 5.32 Å². The van der Waals surface area contributed by atoms with Crippen molar-refractivity contribution in [3.63, 3.8) is 0 Å². The van der Waals surface area contributed by atoms with E-state index in [1.54, 1.807) is 0 Å². The first-order chi connectivity index (χ1) is 9.22. The number of amides is 1. The zero-order valence-electron chi connectivity index (χ0n) is 10.9. The van der Waals surface area contributed by atoms with Gasteiger partial charge in [0.1, 0.15) is 0 Å². The smallest absolute Gasteiger partial charge is 0.252 e. The van der Waals surface area contributed by atoms with Gasteiger partial charge in [0, 0.05) is 23.0 Å². The molecule has 104 valence electrons. The summed E-state index contributed by atoms with van der Waals surface area (Å²) in [5, 5.41) is 12.6. The fourth-order valence-corrected chi connectivity index (χ4v) is 3.15. The minimum atomic E-state index is -0.0576. The van der Waals surface area contributed by atoms with Crippen molar-refractivity contribution in [2.45, 2.75) is 38.1 Å². The number of carbonyl (C=O) groups is 1. The van der Waals surface area contributed by atoms with Gasteiger partial charge in [0.2, 0.25) is 0 Å². The number of benzene rings is 1. The molecule has 1 aliphatic carbocycles. The predicted molar refractivity (Wildman–Crippen MR) is 79.1 cm³/mol. The van der Waals surface area contributed by atoms with Gasteiger partial charge < -0.3 is 10.4 Å². The zero-order valence-corrected chi connectivity index (χ0v) is 12.5. The van der Waals surface area contributed by atoms with E-state index in [0.717, 1.165) is 30.2 Å². The van der Waals surface area contributed by atoms with Gasteiger partial charge in [0.05, 0.1) is 5.56 Å². The second kappa shape index (κ2) is 7.06. The number of hydrogen-bond acceptors (Lipinski definition) is 2. The number of aliphatic hydroxyl groups is 1. The average Bonchev–Trinajstić information content (AvgIpc) is 2.64. The van der Waals surface area contributed by atoms with E-state index in [-0.39, 0.29) is 24.5 Å². The van der Waals surface area contributed by atoms with Gasteiger partial charge >= 0.3 is 0 Å². The lowest BCUT2D eigenvalue weighted by atomic mass is 9.95. The molecule has 3 nitrogen and oxygen atoms in total. The second-order valence-electron chi connectivity index (χ2n) is 5.14. The Morgan fingerprint density at radius 3 is 2.74 bits per heavy atom. The number of hydrogen-bond donors (Lipinski definition) is 2. The van der Waals surface area contributed by atoms with Gasteiger partial charge in [0.15, 0.2) is 0 Å². The summed E-state index contributed by atoms with van der Waals surface area (Å²) in [6.45, 7) is 0.154. The maximum atomic E-state index is 12.3. The van der Waals surface area contributed by atoms with Crippen LogP contribution in [-0.4, -0.2) is 23.7 Å². The van der Waals surface area contributed by atoms with Gasteiger partial charge in [-0.3, -0.25) is 4.79 Å². The molecule has 2 N–H and O–H groups in total. The monoisotopic (exact) mass is 325 g/mol. The predicted octanol–water partition coefficient (Wildman–Crippen LogP) is 3.12. The van der Waals surface area contributed by atoms with E-state index in [2.05, 4.69) is 21.2 Å². The molecule has 0 aromatic heterocycles. The van der Waals surface area contributed by atoms with Crippen molar-refractivity contribution >= 4 is 21.8 Å². The molecule has 0 saturated heterocycles. The van der Waals surface area contributed by atoms with Crippen LogP contribution in [0.2, 0.25) is 0 Å². The van der Waals surface area contributed by atoms with Gasteiger partial charge in [-0.15, -0.1) is 0 Å². The van der Waals surface area contributed by atoms with Crippen LogP contribution in [-0.2, 0) is 0 Å². The van der Waals surface area contributed by atoms with E-state index < -0.39 is 0 Å². The minimum absolute atomic E-state index is 0.0576. The summed E-state index contributed by atoms with van der Waals surface area (Å²) >= 11 is 3.40. The molecule has 19 heavy (non-hydrogen) atoms. The van der Waals surface area contributed by atoms with E-state index >= 15 is 0 Å². The van der Waals surface area contributed by atoms with E-state index in [9.17, 15) is 9.90 Å². The molecule has 0 radical (unpaired) electrons. The van der Waals surface area contributed by atoms with Gasteiger partial charge in [0.25, 0.3) is 5.91 Å². The lowest BCUT2D eigenvalue weighted by Gasteiger charge is -2.24. The van der Waals surface area contributed by atoms with Crippen LogP contribution in [0.5, 0.6) is 0 Å². The topological polar surface area (TPSA) is 49.3 Å². The molecule has 0 aliphatic heterocycles. The molecular formula is C15H20BrNO2. The summed E-state index contributed by atoms with van der Waals surface area (Å²) < 4.78 is 0.807. The molecule has 2 rings (SSSR count). The Morgan fingerprint density at radius 2 is 2.00 bits per heavy atom. The van der Waals surface area contributed by atoms with Crippen molar-refractivity contribution in [3.05, 3.63) is 34.3 Å². The third-order valence-electron chi connectivity index (χ3n) is 3.83. The molecule has 1 aromatic carbocycles. The van der Waals surface area contributed by atoms with Crippen molar-refractivity contribution in [2.24, 2.45) is 5.92 Å². The zero-order chi connectivity index (χ0) is 13.7. The number of carbonyl (C=O) groups excluding carboxylic acids is 1. The van der Waals surface area contributed by atoms with Crippen LogP contribution in [0.15, 0.2) is 28.7 Å². The first-order valence-electron chi connectivity index (χ1n) is 6.88. The standard InChI is InChI=1S/C15H20BrNO2/c16-13-8-5-4-7-12(13)15(19)17-14-9-3-1-2-6-11(14)10-18/h4-5,7-8,11,14,18H,1-3,6,9-10H2,(H,17,19). The summed E-state index contributed by atoms with van der Waals surface area (Å²) in [6.07, 6.45) is 5.42. The molecule has 4 heteroatoms. The largest absolute Gasteiger partial charge is 0.396 e. The molecule has 2 unspecified atom stereocenters. The van der Waals surface area contributed by atoms with E-state index in [1.165, 1.54) is 6.42 Å². The van der Waals surface area contributed by atoms with Gasteiger partial charge in [-0.05, 0) is 40.9 Å². The lowest BCUT2D eigenvalue weighted by Crippen LogP contribution is -2.41. The van der Waals surface area contributed by atoms with Crippen LogP contribution >= 0.6 is 15.9 Å². The maximum Gasteiger partial charge on any atom is 0.252 e. The molecule has 1 amide bonds. The molecule has 1 aromatic rings. The summed E-state index contributed by atoms with van der Waals surface area (Å²) in [5.41, 5.74) is 0.656. The third-order valence-corrected chi connectivity index (χ3v) is 4.52. The minimum Gasteiger partial charge on any atom is -0.396 e. The van der Waals surface area contributed by atoms with E-state index in [0.29, 0.717) is 5.56 Å². The van der Waals surface area contributed by atoms with Crippen molar-refractivity contribution in [2.75, 3.05) is 6.61 Å². The maximum absolute atomic E-state index is 12.3. The first kappa shape index (κ1) is 14.5. The highest BCUT2D eigenvalue weighted by Crippen LogP contribution is 2.24. The molecule has 2 atom stereocenters. The Labute approximate surface area is 122 Å². The van der Waals surface area contributed by atoms with Crippen molar-refractivity contribution < 1.29 is 9.90 Å². The first-order valence-corrected chi connectivity index (χ1v) is 7.68. The number of rotatable bonds is 3. The van der Waals surface area contributed by atoms with E-state index in [1.807, 2.05) is 24.3 Å². The molecule has 1 aliphatic rings. The Balaban J connectivity index is 2.06. The average molecular weight is 326 g/mol. The highest BCUT2D eigenvalue weighted by atomic mass is 79.9. The Bertz CT molecular complexity index is 436. The van der Waals surface area contributed by atoms with Gasteiger partial charge in [-0.25, -0.2) is 0 Å². The van der Waals surface area contributed by atoms with Crippen LogP contribution in [0.25, 0.3) is 0 Å². The van der Waals surface area contributed by atoms with E-state index in [4.69, 9.17) is 0 Å². The molecule has 1 fully saturated rings. The summed E-state index contributed by atoms with van der Waals surface area (Å²) in [4.78, 5) is 12.3. The quantitative estimate of drug-likeness (QED) is 0.839. The number of nitrogens with one attached hydrogen (secondary N) is 1. The highest BCUT2D eigenvalue weighted by Gasteiger charge is 2.25. The SMILES string of the molecule is O=C(NC1CCCCCC1CO)c1ccccc1Br. The number of aliphatic hydroxyl groups excluding tert-OH is 1. The van der Waals surface area contributed by atoms with Crippen molar-refractivity contribution in [1.82, 2.24) is 5.32 Å². The molecule has 1 saturated carbocycles. The van der Waals surface area contributed by atoms with Gasteiger partial charge in [-0.2, -0.15) is 0 Å². The molecular weight excluding hydrogens is 306 g/mol. The van der Waals surface area contributed by atoms with Crippen LogP contribution in [0.1, 0.15) is 42.5 Å². The normalized spacial score (nSPS) is 23.7. The third kappa shape index (κ3) is 3.80. The van der Waals surface area contributed by atoms with Crippen LogP contribution in [0.3, 0.4) is 0 Å². The van der Waals surface area contributed by atoms with Crippen molar-refractivity contribution in [1.29, 1.82) is 0 Å². The van der Waals surface area contributed by atoms with Crippen molar-refractivity contribution in [3.8, 4) is 0 Å². The number of halogens is 1.